The fourth-order valence-corrected chi connectivity index (χ4v) is 2.06. The molecule has 1 aromatic rings. The van der Waals surface area contributed by atoms with E-state index in [2.05, 4.69) is 48.9 Å². The van der Waals surface area contributed by atoms with Gasteiger partial charge in [0, 0.05) is 10.0 Å². The fraction of sp³-hybridized carbons (Fsp3) is 0.600. The summed E-state index contributed by atoms with van der Waals surface area (Å²) in [5.74, 6) is 0.931. The maximum atomic E-state index is 5.87. The van der Waals surface area contributed by atoms with E-state index in [1.807, 2.05) is 24.3 Å². The van der Waals surface area contributed by atoms with Crippen molar-refractivity contribution >= 4 is 15.9 Å². The van der Waals surface area contributed by atoms with Gasteiger partial charge in [0.15, 0.2) is 0 Å². The van der Waals surface area contributed by atoms with E-state index in [0.717, 1.165) is 29.6 Å². The Morgan fingerprint density at radius 2 is 2.06 bits per heavy atom. The van der Waals surface area contributed by atoms with Crippen molar-refractivity contribution in [1.82, 2.24) is 5.32 Å². The van der Waals surface area contributed by atoms with Gasteiger partial charge in [-0.1, -0.05) is 22.0 Å². The highest BCUT2D eigenvalue weighted by Crippen LogP contribution is 2.19. The standard InChI is InChI=1S/C15H24BrNO/c1-12(7-6-10-17-15(2,3)4)18-14-9-5-8-13(16)11-14/h5,8-9,11-12,17H,6-7,10H2,1-4H3. The van der Waals surface area contributed by atoms with Gasteiger partial charge in [-0.3, -0.25) is 0 Å². The molecule has 0 saturated heterocycles. The van der Waals surface area contributed by atoms with Crippen molar-refractivity contribution in [2.75, 3.05) is 6.54 Å². The van der Waals surface area contributed by atoms with Crippen LogP contribution in [0.1, 0.15) is 40.5 Å². The molecule has 0 aromatic heterocycles. The van der Waals surface area contributed by atoms with Crippen molar-refractivity contribution in [3.63, 3.8) is 0 Å². The van der Waals surface area contributed by atoms with Gasteiger partial charge in [-0.2, -0.15) is 0 Å². The summed E-state index contributed by atoms with van der Waals surface area (Å²) in [4.78, 5) is 0. The smallest absolute Gasteiger partial charge is 0.120 e. The molecule has 0 bridgehead atoms. The minimum atomic E-state index is 0.203. The Kier molecular flexibility index (Phi) is 6.16. The van der Waals surface area contributed by atoms with Crippen LogP contribution in [0.3, 0.4) is 0 Å². The van der Waals surface area contributed by atoms with Gasteiger partial charge < -0.3 is 10.1 Å². The SMILES string of the molecule is CC(CCCNC(C)(C)C)Oc1cccc(Br)c1. The molecule has 102 valence electrons. The quantitative estimate of drug-likeness (QED) is 0.787. The summed E-state index contributed by atoms with van der Waals surface area (Å²) in [5.41, 5.74) is 0.203. The molecule has 1 unspecified atom stereocenters. The van der Waals surface area contributed by atoms with Crippen LogP contribution < -0.4 is 10.1 Å². The minimum absolute atomic E-state index is 0.203. The van der Waals surface area contributed by atoms with E-state index in [1.165, 1.54) is 0 Å². The molecule has 0 heterocycles. The molecular weight excluding hydrogens is 290 g/mol. The molecule has 0 fully saturated rings. The van der Waals surface area contributed by atoms with E-state index in [9.17, 15) is 0 Å². The summed E-state index contributed by atoms with van der Waals surface area (Å²) in [6.45, 7) is 9.73. The number of rotatable bonds is 6. The lowest BCUT2D eigenvalue weighted by Crippen LogP contribution is -2.36. The van der Waals surface area contributed by atoms with Crippen LogP contribution in [0.15, 0.2) is 28.7 Å². The Labute approximate surface area is 119 Å². The maximum absolute atomic E-state index is 5.87. The average Bonchev–Trinajstić information content (AvgIpc) is 2.23. The molecule has 0 radical (unpaired) electrons. The van der Waals surface area contributed by atoms with Crippen LogP contribution in [0, 0.1) is 0 Å². The number of hydrogen-bond acceptors (Lipinski definition) is 2. The third-order valence-corrected chi connectivity index (χ3v) is 3.07. The van der Waals surface area contributed by atoms with Crippen LogP contribution in [0.5, 0.6) is 5.75 Å². The molecule has 0 aliphatic rings. The molecule has 0 spiro atoms. The minimum Gasteiger partial charge on any atom is -0.491 e. The molecule has 3 heteroatoms. The van der Waals surface area contributed by atoms with Crippen molar-refractivity contribution < 1.29 is 4.74 Å². The predicted octanol–water partition coefficient (Wildman–Crippen LogP) is 4.38. The van der Waals surface area contributed by atoms with E-state index in [0.29, 0.717) is 0 Å². The molecule has 2 nitrogen and oxygen atoms in total. The van der Waals surface area contributed by atoms with Gasteiger partial charge in [0.05, 0.1) is 6.10 Å². The molecule has 1 N–H and O–H groups in total. The van der Waals surface area contributed by atoms with E-state index in [-0.39, 0.29) is 11.6 Å². The summed E-state index contributed by atoms with van der Waals surface area (Å²) < 4.78 is 6.93. The van der Waals surface area contributed by atoms with Crippen molar-refractivity contribution in [3.8, 4) is 5.75 Å². The van der Waals surface area contributed by atoms with Gasteiger partial charge >= 0.3 is 0 Å². The van der Waals surface area contributed by atoms with Gasteiger partial charge in [0.25, 0.3) is 0 Å². The van der Waals surface area contributed by atoms with Crippen LogP contribution >= 0.6 is 15.9 Å². The zero-order chi connectivity index (χ0) is 13.6. The highest BCUT2D eigenvalue weighted by atomic mass is 79.9. The van der Waals surface area contributed by atoms with Crippen molar-refractivity contribution in [1.29, 1.82) is 0 Å². The highest BCUT2D eigenvalue weighted by Gasteiger charge is 2.09. The molecule has 0 aliphatic heterocycles. The first-order valence-corrected chi connectivity index (χ1v) is 7.33. The molecular formula is C15H24BrNO. The summed E-state index contributed by atoms with van der Waals surface area (Å²) >= 11 is 3.45. The lowest BCUT2D eigenvalue weighted by molar-refractivity contribution is 0.206. The second-order valence-corrected chi connectivity index (χ2v) is 6.62. The number of hydrogen-bond donors (Lipinski definition) is 1. The Balaban J connectivity index is 2.24. The van der Waals surface area contributed by atoms with Crippen LogP contribution in [0.2, 0.25) is 0 Å². The van der Waals surface area contributed by atoms with Crippen molar-refractivity contribution in [3.05, 3.63) is 28.7 Å². The van der Waals surface area contributed by atoms with Crippen molar-refractivity contribution in [2.45, 2.75) is 52.2 Å². The highest BCUT2D eigenvalue weighted by molar-refractivity contribution is 9.10. The summed E-state index contributed by atoms with van der Waals surface area (Å²) in [5, 5.41) is 3.49. The second kappa shape index (κ2) is 7.15. The first-order valence-electron chi connectivity index (χ1n) is 6.54. The average molecular weight is 314 g/mol. The first-order chi connectivity index (χ1) is 8.37. The predicted molar refractivity (Wildman–Crippen MR) is 81.2 cm³/mol. The molecule has 1 aromatic carbocycles. The normalized spacial score (nSPS) is 13.4. The third-order valence-electron chi connectivity index (χ3n) is 2.58. The Bertz CT molecular complexity index is 360. The summed E-state index contributed by atoms with van der Waals surface area (Å²) in [6, 6.07) is 8.00. The lowest BCUT2D eigenvalue weighted by Gasteiger charge is -2.21. The van der Waals surface area contributed by atoms with Crippen LogP contribution in [0.25, 0.3) is 0 Å². The van der Waals surface area contributed by atoms with Gasteiger partial charge in [0.2, 0.25) is 0 Å². The van der Waals surface area contributed by atoms with E-state index < -0.39 is 0 Å². The molecule has 18 heavy (non-hydrogen) atoms. The van der Waals surface area contributed by atoms with E-state index >= 15 is 0 Å². The first kappa shape index (κ1) is 15.5. The van der Waals surface area contributed by atoms with Crippen molar-refractivity contribution in [2.24, 2.45) is 0 Å². The molecule has 1 atom stereocenters. The maximum Gasteiger partial charge on any atom is 0.120 e. The third kappa shape index (κ3) is 7.02. The topological polar surface area (TPSA) is 21.3 Å². The Morgan fingerprint density at radius 3 is 2.67 bits per heavy atom. The zero-order valence-corrected chi connectivity index (χ0v) is 13.4. The number of benzene rings is 1. The van der Waals surface area contributed by atoms with Gasteiger partial charge in [-0.25, -0.2) is 0 Å². The summed E-state index contributed by atoms with van der Waals surface area (Å²) in [7, 11) is 0. The van der Waals surface area contributed by atoms with Crippen LogP contribution in [0.4, 0.5) is 0 Å². The van der Waals surface area contributed by atoms with Gasteiger partial charge in [-0.15, -0.1) is 0 Å². The molecule has 1 rings (SSSR count). The molecule has 0 amide bonds. The molecule has 0 aliphatic carbocycles. The number of halogens is 1. The van der Waals surface area contributed by atoms with Crippen LogP contribution in [-0.4, -0.2) is 18.2 Å². The van der Waals surface area contributed by atoms with Gasteiger partial charge in [-0.05, 0) is 65.3 Å². The second-order valence-electron chi connectivity index (χ2n) is 5.70. The van der Waals surface area contributed by atoms with E-state index in [4.69, 9.17) is 4.74 Å². The number of nitrogens with one attached hydrogen (secondary N) is 1. The zero-order valence-electron chi connectivity index (χ0n) is 11.8. The largest absolute Gasteiger partial charge is 0.491 e. The Morgan fingerprint density at radius 1 is 1.33 bits per heavy atom. The summed E-state index contributed by atoms with van der Waals surface area (Å²) in [6.07, 6.45) is 2.45. The van der Waals surface area contributed by atoms with Gasteiger partial charge in [0.1, 0.15) is 5.75 Å². The fourth-order valence-electron chi connectivity index (χ4n) is 1.68. The van der Waals surface area contributed by atoms with E-state index in [1.54, 1.807) is 0 Å². The monoisotopic (exact) mass is 313 g/mol. The van der Waals surface area contributed by atoms with Crippen LogP contribution in [-0.2, 0) is 0 Å². The lowest BCUT2D eigenvalue weighted by atomic mass is 10.1. The Hall–Kier alpha value is -0.540. The molecule has 0 saturated carbocycles. The number of ether oxygens (including phenoxy) is 1.